The number of hydrogen-bond acceptors (Lipinski definition) is 7. The highest BCUT2D eigenvalue weighted by Crippen LogP contribution is 2.27. The van der Waals surface area contributed by atoms with Gasteiger partial charge in [-0.1, -0.05) is 0 Å². The summed E-state index contributed by atoms with van der Waals surface area (Å²) in [7, 11) is 0. The normalized spacial score (nSPS) is 24.5. The zero-order chi connectivity index (χ0) is 16.2. The number of hydrogen-bond donors (Lipinski definition) is 1. The molecule has 0 amide bonds. The summed E-state index contributed by atoms with van der Waals surface area (Å²) < 4.78 is 15.0. The molecule has 0 aromatic heterocycles. The molecule has 1 N–H and O–H groups in total. The largest absolute Gasteiger partial charge is 0.478 e. The summed E-state index contributed by atoms with van der Waals surface area (Å²) in [5, 5.41) is 9.05. The summed E-state index contributed by atoms with van der Waals surface area (Å²) >= 11 is 0. The Kier molecular flexibility index (Phi) is 5.45. The minimum atomic E-state index is -1.23. The molecule has 0 radical (unpaired) electrons. The highest BCUT2D eigenvalue weighted by molar-refractivity contribution is 5.87. The quantitative estimate of drug-likeness (QED) is 0.578. The van der Waals surface area contributed by atoms with E-state index in [0.717, 1.165) is 20.8 Å². The van der Waals surface area contributed by atoms with Crippen LogP contribution < -0.4 is 0 Å². The number of ether oxygens (including phenoxy) is 3. The molecular formula is C13H16O8. The van der Waals surface area contributed by atoms with Crippen LogP contribution in [-0.2, 0) is 33.4 Å². The molecule has 21 heavy (non-hydrogen) atoms. The first-order valence-corrected chi connectivity index (χ1v) is 6.16. The molecule has 1 aliphatic rings. The van der Waals surface area contributed by atoms with E-state index in [1.165, 1.54) is 6.08 Å². The molecule has 0 aromatic carbocycles. The van der Waals surface area contributed by atoms with Crippen molar-refractivity contribution >= 4 is 23.9 Å². The molecule has 0 fully saturated rings. The monoisotopic (exact) mass is 300 g/mol. The van der Waals surface area contributed by atoms with Gasteiger partial charge in [0.2, 0.25) is 0 Å². The van der Waals surface area contributed by atoms with E-state index in [1.807, 2.05) is 0 Å². The van der Waals surface area contributed by atoms with Crippen molar-refractivity contribution in [1.29, 1.82) is 0 Å². The van der Waals surface area contributed by atoms with Crippen LogP contribution in [0.1, 0.15) is 27.2 Å². The molecule has 0 spiro atoms. The summed E-state index contributed by atoms with van der Waals surface area (Å²) in [4.78, 5) is 44.5. The topological polar surface area (TPSA) is 116 Å². The van der Waals surface area contributed by atoms with E-state index in [0.29, 0.717) is 0 Å². The molecule has 8 heteroatoms. The zero-order valence-electron chi connectivity index (χ0n) is 11.8. The lowest BCUT2D eigenvalue weighted by molar-refractivity contribution is -0.180. The first-order valence-electron chi connectivity index (χ1n) is 6.16. The third kappa shape index (κ3) is 4.90. The number of carboxylic acid groups (broad SMARTS) is 1. The first-order chi connectivity index (χ1) is 9.70. The van der Waals surface area contributed by atoms with Crippen molar-refractivity contribution in [3.8, 4) is 0 Å². The van der Waals surface area contributed by atoms with Crippen LogP contribution in [0.15, 0.2) is 11.6 Å². The predicted molar refractivity (Wildman–Crippen MR) is 67.0 cm³/mol. The van der Waals surface area contributed by atoms with Crippen molar-refractivity contribution in [2.75, 3.05) is 0 Å². The van der Waals surface area contributed by atoms with Crippen molar-refractivity contribution in [2.24, 2.45) is 0 Å². The maximum absolute atomic E-state index is 11.1. The molecule has 0 saturated carbocycles. The van der Waals surface area contributed by atoms with Gasteiger partial charge in [0, 0.05) is 32.8 Å². The van der Waals surface area contributed by atoms with Crippen LogP contribution in [0.4, 0.5) is 0 Å². The van der Waals surface area contributed by atoms with Gasteiger partial charge in [-0.3, -0.25) is 14.4 Å². The maximum atomic E-state index is 11.1. The van der Waals surface area contributed by atoms with Crippen LogP contribution in [0, 0.1) is 0 Å². The number of aliphatic carboxylic acids is 1. The molecule has 0 heterocycles. The second-order valence-electron chi connectivity index (χ2n) is 4.50. The van der Waals surface area contributed by atoms with E-state index in [2.05, 4.69) is 0 Å². The third-order valence-electron chi connectivity index (χ3n) is 2.67. The summed E-state index contributed by atoms with van der Waals surface area (Å²) in [6.07, 6.45) is -2.22. The molecule has 1 aliphatic carbocycles. The van der Waals surface area contributed by atoms with Crippen LogP contribution in [0.5, 0.6) is 0 Å². The minimum Gasteiger partial charge on any atom is -0.478 e. The molecule has 0 aliphatic heterocycles. The average molecular weight is 300 g/mol. The van der Waals surface area contributed by atoms with Gasteiger partial charge >= 0.3 is 23.9 Å². The van der Waals surface area contributed by atoms with Crippen molar-refractivity contribution in [3.05, 3.63) is 11.6 Å². The van der Waals surface area contributed by atoms with Gasteiger partial charge in [-0.2, -0.15) is 0 Å². The Labute approximate surface area is 120 Å². The number of rotatable bonds is 4. The van der Waals surface area contributed by atoms with Gasteiger partial charge in [-0.25, -0.2) is 4.79 Å². The zero-order valence-corrected chi connectivity index (χ0v) is 11.8. The lowest BCUT2D eigenvalue weighted by Crippen LogP contribution is -2.47. The van der Waals surface area contributed by atoms with Gasteiger partial charge in [-0.05, 0) is 6.08 Å². The lowest BCUT2D eigenvalue weighted by atomic mass is 9.91. The Balaban J connectivity index is 3.12. The van der Waals surface area contributed by atoms with Crippen LogP contribution in [0.25, 0.3) is 0 Å². The van der Waals surface area contributed by atoms with Gasteiger partial charge in [0.15, 0.2) is 12.2 Å². The fourth-order valence-corrected chi connectivity index (χ4v) is 2.01. The van der Waals surface area contributed by atoms with Crippen LogP contribution in [-0.4, -0.2) is 47.3 Å². The van der Waals surface area contributed by atoms with Gasteiger partial charge < -0.3 is 19.3 Å². The fraction of sp³-hybridized carbons (Fsp3) is 0.538. The number of esters is 3. The number of carboxylic acids is 1. The van der Waals surface area contributed by atoms with Crippen LogP contribution in [0.2, 0.25) is 0 Å². The highest BCUT2D eigenvalue weighted by Gasteiger charge is 2.41. The van der Waals surface area contributed by atoms with Crippen LogP contribution in [0.3, 0.4) is 0 Å². The van der Waals surface area contributed by atoms with Gasteiger partial charge in [-0.15, -0.1) is 0 Å². The summed E-state index contributed by atoms with van der Waals surface area (Å²) in [5.74, 6) is -3.24. The molecule has 0 saturated heterocycles. The second kappa shape index (κ2) is 6.87. The van der Waals surface area contributed by atoms with E-state index in [9.17, 15) is 19.2 Å². The predicted octanol–water partition coefficient (Wildman–Crippen LogP) is 0.196. The van der Waals surface area contributed by atoms with Crippen molar-refractivity contribution in [1.82, 2.24) is 0 Å². The van der Waals surface area contributed by atoms with Gasteiger partial charge in [0.1, 0.15) is 6.10 Å². The highest BCUT2D eigenvalue weighted by atomic mass is 16.6. The Morgan fingerprint density at radius 3 is 1.95 bits per heavy atom. The smallest absolute Gasteiger partial charge is 0.331 e. The molecule has 0 bridgehead atoms. The molecule has 0 aromatic rings. The Hall–Kier alpha value is -2.38. The van der Waals surface area contributed by atoms with E-state index >= 15 is 0 Å². The summed E-state index contributed by atoms with van der Waals surface area (Å²) in [6.45, 7) is 3.42. The average Bonchev–Trinajstić information content (AvgIpc) is 2.30. The van der Waals surface area contributed by atoms with E-state index in [1.54, 1.807) is 0 Å². The van der Waals surface area contributed by atoms with Gasteiger partial charge in [0.25, 0.3) is 0 Å². The summed E-state index contributed by atoms with van der Waals surface area (Å²) in [6, 6.07) is 0. The van der Waals surface area contributed by atoms with E-state index < -0.39 is 42.2 Å². The molecule has 1 rings (SSSR count). The fourth-order valence-electron chi connectivity index (χ4n) is 2.01. The Bertz CT molecular complexity index is 492. The Morgan fingerprint density at radius 1 is 1.00 bits per heavy atom. The molecule has 8 nitrogen and oxygen atoms in total. The number of carbonyl (C=O) groups is 4. The van der Waals surface area contributed by atoms with Crippen molar-refractivity contribution < 1.29 is 38.5 Å². The van der Waals surface area contributed by atoms with Crippen molar-refractivity contribution in [2.45, 2.75) is 45.5 Å². The standard InChI is InChI=1S/C13H16O8/c1-6(14)19-10-4-9(13(17)18)5-11(20-7(2)15)12(10)21-8(3)16/h4,10-12H,5H2,1-3H3,(H,17,18)/t10-,11-,12-/m1/s1. The van der Waals surface area contributed by atoms with E-state index in [4.69, 9.17) is 19.3 Å². The molecule has 0 unspecified atom stereocenters. The second-order valence-corrected chi connectivity index (χ2v) is 4.50. The SMILES string of the molecule is CC(=O)O[C@@H]1[C@H](OC(C)=O)C=C(C(=O)O)C[C@H]1OC(C)=O. The van der Waals surface area contributed by atoms with Gasteiger partial charge in [0.05, 0.1) is 0 Å². The third-order valence-corrected chi connectivity index (χ3v) is 2.67. The lowest BCUT2D eigenvalue weighted by Gasteiger charge is -2.34. The maximum Gasteiger partial charge on any atom is 0.331 e. The number of carbonyl (C=O) groups excluding carboxylic acids is 3. The van der Waals surface area contributed by atoms with Crippen molar-refractivity contribution in [3.63, 3.8) is 0 Å². The molecule has 116 valence electrons. The van der Waals surface area contributed by atoms with E-state index in [-0.39, 0.29) is 12.0 Å². The molecular weight excluding hydrogens is 284 g/mol. The minimum absolute atomic E-state index is 0.0871. The molecule has 3 atom stereocenters. The Morgan fingerprint density at radius 2 is 1.52 bits per heavy atom. The summed E-state index contributed by atoms with van der Waals surface area (Å²) in [5.41, 5.74) is -0.0871. The van der Waals surface area contributed by atoms with Crippen LogP contribution >= 0.6 is 0 Å². The first kappa shape index (κ1) is 16.7.